The lowest BCUT2D eigenvalue weighted by molar-refractivity contribution is 0.103. The number of rotatable bonds is 13. The molecule has 1 aliphatic carbocycles. The molecule has 2 atom stereocenters. The van der Waals surface area contributed by atoms with Crippen molar-refractivity contribution in [1.82, 2.24) is 4.57 Å². The average Bonchev–Trinajstić information content (AvgIpc) is 3.52. The highest BCUT2D eigenvalue weighted by atomic mass is 32.2. The summed E-state index contributed by atoms with van der Waals surface area (Å²) in [6.07, 6.45) is 8.48. The Kier molecular flexibility index (Phi) is 10.7. The van der Waals surface area contributed by atoms with Crippen molar-refractivity contribution in [3.05, 3.63) is 174 Å². The van der Waals surface area contributed by atoms with Crippen molar-refractivity contribution in [1.29, 1.82) is 0 Å². The molecule has 1 heterocycles. The molecule has 7 rings (SSSR count). The highest BCUT2D eigenvalue weighted by Gasteiger charge is 2.37. The molecule has 0 saturated carbocycles. The van der Waals surface area contributed by atoms with Gasteiger partial charge in [-0.15, -0.1) is 11.8 Å². The lowest BCUT2D eigenvalue weighted by Gasteiger charge is -2.24. The summed E-state index contributed by atoms with van der Waals surface area (Å²) in [5, 5.41) is 6.79. The molecular weight excluding hydrogens is 696 g/mol. The van der Waals surface area contributed by atoms with Gasteiger partial charge in [-0.3, -0.25) is 14.2 Å². The second kappa shape index (κ2) is 15.7. The molecule has 1 aromatic heterocycles. The number of carbonyl (C=O) groups is 2. The van der Waals surface area contributed by atoms with Crippen molar-refractivity contribution < 1.29 is 18.8 Å². The predicted octanol–water partition coefficient (Wildman–Crippen LogP) is 10.8. The van der Waals surface area contributed by atoms with Crippen LogP contribution in [0.4, 0.5) is 0 Å². The Morgan fingerprint density at radius 2 is 1.55 bits per heavy atom. The number of aryl methyl sites for hydroxylation is 2. The zero-order valence-electron chi connectivity index (χ0n) is 29.8. The van der Waals surface area contributed by atoms with Gasteiger partial charge >= 0.3 is 7.37 Å². The van der Waals surface area contributed by atoms with Crippen LogP contribution in [0.5, 0.6) is 0 Å². The number of fused-ring (bicyclic) bond motifs is 3. The maximum Gasteiger partial charge on any atom is 0.309 e. The van der Waals surface area contributed by atoms with Gasteiger partial charge in [-0.1, -0.05) is 71.9 Å². The number of aromatic nitrogens is 1. The van der Waals surface area contributed by atoms with Crippen LogP contribution in [0.2, 0.25) is 0 Å². The van der Waals surface area contributed by atoms with Gasteiger partial charge in [0.25, 0.3) is 0 Å². The second-order valence-electron chi connectivity index (χ2n) is 13.1. The predicted molar refractivity (Wildman–Crippen MR) is 219 cm³/mol. The summed E-state index contributed by atoms with van der Waals surface area (Å²) in [7, 11) is -3.57. The molecule has 264 valence electrons. The van der Waals surface area contributed by atoms with Crippen LogP contribution in [0.15, 0.2) is 150 Å². The zero-order valence-corrected chi connectivity index (χ0v) is 31.5. The standard InChI is InChI=1S/C45H40N2O4PS/c1-4-47-42-25-21-33(44(48)38-18-12-11-13-32(38)3)29-39(42)40-30-34(22-26-43(40)47)45(49)41(27-28-53-37-23-19-31(2)20-24-37)46-51-52(50,35-14-7-5-8-15-35)36-16-9-6-10-17-36/h5-16,18-26,29-30,36H,2,4,17,27-28H2,1,3H3/q+1/b46-41-. The van der Waals surface area contributed by atoms with Crippen LogP contribution in [0, 0.1) is 13.8 Å². The summed E-state index contributed by atoms with van der Waals surface area (Å²) in [6, 6.07) is 36.1. The third-order valence-electron chi connectivity index (χ3n) is 9.67. The van der Waals surface area contributed by atoms with E-state index in [0.29, 0.717) is 40.7 Å². The Bertz CT molecular complexity index is 2460. The molecular formula is C45H40N2O4PS+. The number of thioether (sulfide) groups is 1. The van der Waals surface area contributed by atoms with E-state index in [1.807, 2.05) is 134 Å². The van der Waals surface area contributed by atoms with Gasteiger partial charge in [0.15, 0.2) is 5.78 Å². The van der Waals surface area contributed by atoms with Crippen LogP contribution in [-0.4, -0.2) is 33.3 Å². The minimum Gasteiger partial charge on any atom is -0.341 e. The molecule has 0 amide bonds. The largest absolute Gasteiger partial charge is 0.341 e. The lowest BCUT2D eigenvalue weighted by Crippen LogP contribution is -2.20. The quantitative estimate of drug-likeness (QED) is 0.0295. The fraction of sp³-hybridized carbons (Fsp3) is 0.156. The molecule has 6 nitrogen and oxygen atoms in total. The molecule has 0 fully saturated rings. The van der Waals surface area contributed by atoms with Crippen LogP contribution in [0.3, 0.4) is 0 Å². The van der Waals surface area contributed by atoms with Crippen molar-refractivity contribution in [3.8, 4) is 0 Å². The third-order valence-corrected chi connectivity index (χ3v) is 13.3. The number of nitrogens with zero attached hydrogens (tertiary/aromatic N) is 2. The fourth-order valence-electron chi connectivity index (χ4n) is 6.79. The number of carbonyl (C=O) groups excluding carboxylic acids is 2. The summed E-state index contributed by atoms with van der Waals surface area (Å²) >= 11 is 1.60. The summed E-state index contributed by atoms with van der Waals surface area (Å²) in [6.45, 7) is 8.70. The molecule has 0 radical (unpaired) electrons. The molecule has 1 aliphatic rings. The molecule has 53 heavy (non-hydrogen) atoms. The lowest BCUT2D eigenvalue weighted by atomic mass is 9.97. The SMILES string of the molecule is [CH2+]c1ccc(SCC/C(=N/OP(=O)(c2ccccc2)C2C=CC=CC2)C(=O)c2ccc3c(c2)c2cc(C(=O)c4ccccc4C)ccc2n3CC)cc1. The first-order chi connectivity index (χ1) is 25.8. The van der Waals surface area contributed by atoms with Gasteiger partial charge < -0.3 is 9.19 Å². The number of hydrogen-bond acceptors (Lipinski definition) is 6. The van der Waals surface area contributed by atoms with E-state index in [1.165, 1.54) is 0 Å². The molecule has 0 bridgehead atoms. The average molecular weight is 736 g/mol. The van der Waals surface area contributed by atoms with Crippen molar-refractivity contribution in [2.45, 2.75) is 43.8 Å². The van der Waals surface area contributed by atoms with E-state index >= 15 is 0 Å². The minimum absolute atomic E-state index is 0.0466. The number of oxime groups is 1. The molecule has 0 spiro atoms. The van der Waals surface area contributed by atoms with E-state index in [4.69, 9.17) is 4.62 Å². The van der Waals surface area contributed by atoms with Crippen LogP contribution >= 0.6 is 19.1 Å². The number of benzene rings is 5. The maximum absolute atomic E-state index is 14.8. The number of allylic oxidation sites excluding steroid dienone is 4. The highest BCUT2D eigenvalue weighted by Crippen LogP contribution is 2.54. The minimum atomic E-state index is -3.57. The van der Waals surface area contributed by atoms with E-state index in [9.17, 15) is 14.2 Å². The Balaban J connectivity index is 1.27. The Morgan fingerprint density at radius 3 is 2.23 bits per heavy atom. The number of Topliss-reactive ketones (excluding diaryl/α,β-unsaturated/α-hetero) is 1. The van der Waals surface area contributed by atoms with Gasteiger partial charge in [0.2, 0.25) is 5.78 Å². The Hall–Kier alpha value is -5.36. The van der Waals surface area contributed by atoms with Crippen molar-refractivity contribution in [3.63, 3.8) is 0 Å². The van der Waals surface area contributed by atoms with Crippen molar-refractivity contribution in [2.24, 2.45) is 5.16 Å². The van der Waals surface area contributed by atoms with Gasteiger partial charge in [-0.05, 0) is 74.4 Å². The fourth-order valence-corrected chi connectivity index (χ4v) is 9.78. The van der Waals surface area contributed by atoms with E-state index < -0.39 is 13.0 Å². The summed E-state index contributed by atoms with van der Waals surface area (Å²) in [5.74, 6) is 0.201. The molecule has 0 aliphatic heterocycles. The van der Waals surface area contributed by atoms with E-state index in [0.717, 1.165) is 37.8 Å². The molecule has 0 saturated heterocycles. The monoisotopic (exact) mass is 735 g/mol. The Labute approximate surface area is 314 Å². The first-order valence-corrected chi connectivity index (χ1v) is 20.4. The number of hydrogen-bond donors (Lipinski definition) is 0. The van der Waals surface area contributed by atoms with Gasteiger partial charge in [0.05, 0.1) is 11.0 Å². The molecule has 0 N–H and O–H groups in total. The van der Waals surface area contributed by atoms with Crippen LogP contribution < -0.4 is 5.30 Å². The topological polar surface area (TPSA) is 77.7 Å². The van der Waals surface area contributed by atoms with Crippen molar-refractivity contribution >= 4 is 63.5 Å². The number of ketones is 2. The summed E-state index contributed by atoms with van der Waals surface area (Å²) in [5.41, 5.74) is 5.24. The maximum atomic E-state index is 14.8. The van der Waals surface area contributed by atoms with E-state index in [-0.39, 0.29) is 23.7 Å². The van der Waals surface area contributed by atoms with Gasteiger partial charge in [0, 0.05) is 93.3 Å². The first kappa shape index (κ1) is 36.0. The summed E-state index contributed by atoms with van der Waals surface area (Å²) in [4.78, 5) is 29.2. The normalized spacial score (nSPS) is 15.4. The molecule has 8 heteroatoms. The Morgan fingerprint density at radius 1 is 0.868 bits per heavy atom. The van der Waals surface area contributed by atoms with Gasteiger partial charge in [0.1, 0.15) is 11.3 Å². The highest BCUT2D eigenvalue weighted by molar-refractivity contribution is 7.99. The molecule has 2 unspecified atom stereocenters. The second-order valence-corrected chi connectivity index (χ2v) is 16.8. The van der Waals surface area contributed by atoms with Crippen molar-refractivity contribution in [2.75, 3.05) is 5.75 Å². The zero-order chi connectivity index (χ0) is 37.0. The van der Waals surface area contributed by atoms with Crippen LogP contribution in [-0.2, 0) is 15.7 Å². The van der Waals surface area contributed by atoms with E-state index in [2.05, 4.69) is 23.6 Å². The first-order valence-electron chi connectivity index (χ1n) is 17.8. The smallest absolute Gasteiger partial charge is 0.309 e. The third kappa shape index (κ3) is 7.46. The molecule has 6 aromatic rings. The van der Waals surface area contributed by atoms with Crippen LogP contribution in [0.1, 0.15) is 57.2 Å². The molecule has 5 aromatic carbocycles. The van der Waals surface area contributed by atoms with E-state index in [1.54, 1.807) is 23.9 Å². The summed E-state index contributed by atoms with van der Waals surface area (Å²) < 4.78 is 23.1. The van der Waals surface area contributed by atoms with Gasteiger partial charge in [-0.25, -0.2) is 0 Å². The van der Waals surface area contributed by atoms with Crippen LogP contribution in [0.25, 0.3) is 21.8 Å². The van der Waals surface area contributed by atoms with Gasteiger partial charge in [-0.2, -0.15) is 0 Å².